The van der Waals surface area contributed by atoms with Crippen LogP contribution < -0.4 is 5.73 Å². The molecule has 2 nitrogen and oxygen atoms in total. The summed E-state index contributed by atoms with van der Waals surface area (Å²) in [5.41, 5.74) is 6.87. The lowest BCUT2D eigenvalue weighted by atomic mass is 10.1. The highest BCUT2D eigenvalue weighted by Crippen LogP contribution is 2.33. The van der Waals surface area contributed by atoms with E-state index in [-0.39, 0.29) is 5.82 Å². The molecule has 0 unspecified atom stereocenters. The second kappa shape index (κ2) is 6.97. The van der Waals surface area contributed by atoms with Crippen molar-refractivity contribution in [3.8, 4) is 0 Å². The van der Waals surface area contributed by atoms with Crippen LogP contribution in [0.2, 0.25) is 0 Å². The Morgan fingerprint density at radius 2 is 2.25 bits per heavy atom. The molecule has 0 atom stereocenters. The van der Waals surface area contributed by atoms with Gasteiger partial charge in [0.25, 0.3) is 0 Å². The Morgan fingerprint density at radius 1 is 1.45 bits per heavy atom. The summed E-state index contributed by atoms with van der Waals surface area (Å²) < 4.78 is 15.1. The number of nitrogens with zero attached hydrogens (tertiary/aromatic N) is 1. The van der Waals surface area contributed by atoms with Gasteiger partial charge >= 0.3 is 0 Å². The number of fused-ring (bicyclic) bond motifs is 1. The van der Waals surface area contributed by atoms with Crippen molar-refractivity contribution in [3.05, 3.63) is 47.1 Å². The summed E-state index contributed by atoms with van der Waals surface area (Å²) in [7, 11) is 2.06. The molecule has 0 saturated heterocycles. The summed E-state index contributed by atoms with van der Waals surface area (Å²) in [5.74, 6) is -0.145. The van der Waals surface area contributed by atoms with Gasteiger partial charge in [0.05, 0.1) is 0 Å². The first-order chi connectivity index (χ1) is 9.67. The lowest BCUT2D eigenvalue weighted by molar-refractivity contribution is 0.323. The highest BCUT2D eigenvalue weighted by Gasteiger charge is 2.15. The number of allylic oxidation sites excluding steroid dienone is 1. The van der Waals surface area contributed by atoms with E-state index in [0.29, 0.717) is 6.54 Å². The average molecular weight is 292 g/mol. The van der Waals surface area contributed by atoms with Crippen molar-refractivity contribution in [2.45, 2.75) is 25.9 Å². The summed E-state index contributed by atoms with van der Waals surface area (Å²) in [5, 5.41) is 0.744. The molecule has 108 valence electrons. The molecule has 0 spiro atoms. The summed E-state index contributed by atoms with van der Waals surface area (Å²) in [6, 6.07) is 5.24. The molecule has 2 aromatic rings. The number of hydrogen-bond donors (Lipinski definition) is 1. The number of benzene rings is 1. The van der Waals surface area contributed by atoms with Crippen molar-refractivity contribution >= 4 is 21.4 Å². The van der Waals surface area contributed by atoms with Crippen LogP contribution in [0, 0.1) is 5.82 Å². The summed E-state index contributed by atoms with van der Waals surface area (Å²) >= 11 is 1.60. The van der Waals surface area contributed by atoms with Gasteiger partial charge in [0.2, 0.25) is 0 Å². The van der Waals surface area contributed by atoms with Gasteiger partial charge in [0.1, 0.15) is 5.82 Å². The normalized spacial score (nSPS) is 11.4. The lowest BCUT2D eigenvalue weighted by Crippen LogP contribution is -2.20. The predicted molar refractivity (Wildman–Crippen MR) is 85.4 cm³/mol. The zero-order valence-electron chi connectivity index (χ0n) is 11.9. The van der Waals surface area contributed by atoms with E-state index in [1.165, 1.54) is 6.07 Å². The molecular weight excluding hydrogens is 271 g/mol. The van der Waals surface area contributed by atoms with Crippen LogP contribution in [0.3, 0.4) is 0 Å². The van der Waals surface area contributed by atoms with Gasteiger partial charge in [-0.25, -0.2) is 4.39 Å². The van der Waals surface area contributed by atoms with Gasteiger partial charge in [0, 0.05) is 28.1 Å². The molecule has 2 rings (SSSR count). The van der Waals surface area contributed by atoms with Crippen LogP contribution in [0.5, 0.6) is 0 Å². The summed E-state index contributed by atoms with van der Waals surface area (Å²) in [4.78, 5) is 3.30. The van der Waals surface area contributed by atoms with Crippen LogP contribution in [0.4, 0.5) is 4.39 Å². The second-order valence-electron chi connectivity index (χ2n) is 4.99. The zero-order valence-corrected chi connectivity index (χ0v) is 12.7. The third-order valence-corrected chi connectivity index (χ3v) is 4.63. The topological polar surface area (TPSA) is 29.3 Å². The van der Waals surface area contributed by atoms with Gasteiger partial charge in [0.15, 0.2) is 0 Å². The number of thiophene rings is 1. The fraction of sp³-hybridized carbons (Fsp3) is 0.375. The molecule has 0 aliphatic carbocycles. The van der Waals surface area contributed by atoms with Gasteiger partial charge < -0.3 is 10.6 Å². The van der Waals surface area contributed by atoms with E-state index in [1.54, 1.807) is 17.4 Å². The third kappa shape index (κ3) is 3.26. The van der Waals surface area contributed by atoms with Crippen molar-refractivity contribution in [3.63, 3.8) is 0 Å². The van der Waals surface area contributed by atoms with Gasteiger partial charge in [-0.15, -0.1) is 17.9 Å². The van der Waals surface area contributed by atoms with E-state index in [4.69, 9.17) is 5.73 Å². The Labute approximate surface area is 123 Å². The number of unbranched alkanes of at least 4 members (excludes halogenated alkanes) is 1. The molecule has 1 aromatic heterocycles. The highest BCUT2D eigenvalue weighted by atomic mass is 32.1. The van der Waals surface area contributed by atoms with E-state index in [2.05, 4.69) is 18.5 Å². The predicted octanol–water partition coefficient (Wildman–Crippen LogP) is 3.90. The Hall–Kier alpha value is -1.23. The van der Waals surface area contributed by atoms with Gasteiger partial charge in [-0.05, 0) is 44.1 Å². The van der Waals surface area contributed by atoms with Crippen molar-refractivity contribution in [1.82, 2.24) is 4.90 Å². The number of halogens is 1. The molecule has 20 heavy (non-hydrogen) atoms. The highest BCUT2D eigenvalue weighted by molar-refractivity contribution is 7.19. The number of hydrogen-bond acceptors (Lipinski definition) is 3. The standard InChI is InChI=1S/C16H21FN2S/c1-3-4-5-9-19(2)11-12-15(10-18)20-14-8-6-7-13(17)16(12)14/h3,6-8H,1,4-5,9-11,18H2,2H3. The minimum atomic E-state index is -0.145. The van der Waals surface area contributed by atoms with E-state index in [1.807, 2.05) is 12.1 Å². The Morgan fingerprint density at radius 3 is 2.95 bits per heavy atom. The smallest absolute Gasteiger partial charge is 0.132 e. The molecule has 0 amide bonds. The maximum atomic E-state index is 14.1. The zero-order chi connectivity index (χ0) is 14.5. The molecule has 0 fully saturated rings. The lowest BCUT2D eigenvalue weighted by Gasteiger charge is -2.17. The van der Waals surface area contributed by atoms with Gasteiger partial charge in [-0.3, -0.25) is 0 Å². The molecular formula is C16H21FN2S. The fourth-order valence-electron chi connectivity index (χ4n) is 2.40. The molecule has 0 bridgehead atoms. The van der Waals surface area contributed by atoms with Crippen LogP contribution in [0.15, 0.2) is 30.9 Å². The first-order valence-electron chi connectivity index (χ1n) is 6.85. The summed E-state index contributed by atoms with van der Waals surface area (Å²) in [6.07, 6.45) is 4.01. The molecule has 0 aliphatic heterocycles. The minimum absolute atomic E-state index is 0.145. The number of rotatable bonds is 7. The van der Waals surface area contributed by atoms with Crippen molar-refractivity contribution in [2.24, 2.45) is 5.73 Å². The van der Waals surface area contributed by atoms with E-state index in [0.717, 1.165) is 46.5 Å². The molecule has 0 aliphatic rings. The van der Waals surface area contributed by atoms with Crippen molar-refractivity contribution in [1.29, 1.82) is 0 Å². The first-order valence-corrected chi connectivity index (χ1v) is 7.67. The average Bonchev–Trinajstić information content (AvgIpc) is 2.78. The maximum Gasteiger partial charge on any atom is 0.132 e. The largest absolute Gasteiger partial charge is 0.326 e. The fourth-order valence-corrected chi connectivity index (χ4v) is 3.51. The molecule has 2 N–H and O–H groups in total. The van der Waals surface area contributed by atoms with Crippen LogP contribution in [-0.2, 0) is 13.1 Å². The Balaban J connectivity index is 2.25. The molecule has 4 heteroatoms. The molecule has 1 aromatic carbocycles. The van der Waals surface area contributed by atoms with E-state index < -0.39 is 0 Å². The van der Waals surface area contributed by atoms with Gasteiger partial charge in [-0.2, -0.15) is 0 Å². The van der Waals surface area contributed by atoms with Crippen LogP contribution >= 0.6 is 11.3 Å². The molecule has 1 heterocycles. The summed E-state index contributed by atoms with van der Waals surface area (Å²) in [6.45, 7) is 5.91. The van der Waals surface area contributed by atoms with Crippen LogP contribution in [0.1, 0.15) is 23.3 Å². The minimum Gasteiger partial charge on any atom is -0.326 e. The maximum absolute atomic E-state index is 14.1. The van der Waals surface area contributed by atoms with E-state index >= 15 is 0 Å². The van der Waals surface area contributed by atoms with Crippen molar-refractivity contribution < 1.29 is 4.39 Å². The Kier molecular flexibility index (Phi) is 5.29. The van der Waals surface area contributed by atoms with Crippen LogP contribution in [-0.4, -0.2) is 18.5 Å². The quantitative estimate of drug-likeness (QED) is 0.619. The Bertz CT molecular complexity index is 591. The van der Waals surface area contributed by atoms with Gasteiger partial charge in [-0.1, -0.05) is 12.1 Å². The SMILES string of the molecule is C=CCCCN(C)Cc1c(CN)sc2cccc(F)c12. The monoisotopic (exact) mass is 292 g/mol. The van der Waals surface area contributed by atoms with E-state index in [9.17, 15) is 4.39 Å². The van der Waals surface area contributed by atoms with Crippen LogP contribution in [0.25, 0.3) is 10.1 Å². The first kappa shape index (κ1) is 15.2. The van der Waals surface area contributed by atoms with Crippen molar-refractivity contribution in [2.75, 3.05) is 13.6 Å². The molecule has 0 radical (unpaired) electrons. The number of nitrogens with two attached hydrogens (primary N) is 1. The second-order valence-corrected chi connectivity index (χ2v) is 6.13. The molecule has 0 saturated carbocycles. The third-order valence-electron chi connectivity index (χ3n) is 3.41.